The van der Waals surface area contributed by atoms with Crippen molar-refractivity contribution in [1.82, 2.24) is 5.32 Å². The number of nitrogens with zero attached hydrogens (tertiary/aromatic N) is 1. The van der Waals surface area contributed by atoms with Gasteiger partial charge in [0.05, 0.1) is 5.69 Å². The number of fused-ring (bicyclic) bond motifs is 3. The van der Waals surface area contributed by atoms with Crippen LogP contribution in [0.3, 0.4) is 0 Å². The van der Waals surface area contributed by atoms with E-state index in [0.717, 1.165) is 13.1 Å². The van der Waals surface area contributed by atoms with Crippen molar-refractivity contribution in [2.45, 2.75) is 25.4 Å². The number of rotatable bonds is 0. The summed E-state index contributed by atoms with van der Waals surface area (Å²) >= 11 is 3.67. The molecule has 0 aliphatic carbocycles. The summed E-state index contributed by atoms with van der Waals surface area (Å²) in [5, 5.41) is 3.50. The molecular formula is C12H16BrClN2. The summed E-state index contributed by atoms with van der Waals surface area (Å²) in [7, 11) is 0. The molecule has 1 saturated heterocycles. The summed E-state index contributed by atoms with van der Waals surface area (Å²) in [5.74, 6) is 0. The molecule has 1 aromatic rings. The molecule has 2 nitrogen and oxygen atoms in total. The van der Waals surface area contributed by atoms with Gasteiger partial charge in [-0.3, -0.25) is 0 Å². The molecule has 1 N–H and O–H groups in total. The van der Waals surface area contributed by atoms with E-state index >= 15 is 0 Å². The predicted molar refractivity (Wildman–Crippen MR) is 73.7 cm³/mol. The zero-order valence-corrected chi connectivity index (χ0v) is 11.6. The summed E-state index contributed by atoms with van der Waals surface area (Å²) in [6.45, 7) is 4.51. The molecule has 2 heterocycles. The van der Waals surface area contributed by atoms with Gasteiger partial charge in [0.2, 0.25) is 0 Å². The van der Waals surface area contributed by atoms with E-state index < -0.39 is 0 Å². The number of halogens is 2. The van der Waals surface area contributed by atoms with Crippen LogP contribution < -0.4 is 10.2 Å². The minimum Gasteiger partial charge on any atom is -0.362 e. The van der Waals surface area contributed by atoms with Crippen molar-refractivity contribution >= 4 is 34.0 Å². The molecule has 3 rings (SSSR count). The third-order valence-electron chi connectivity index (χ3n) is 3.47. The van der Waals surface area contributed by atoms with Gasteiger partial charge >= 0.3 is 0 Å². The number of nitrogens with one attached hydrogen (secondary N) is 1. The van der Waals surface area contributed by atoms with E-state index in [1.165, 1.54) is 22.1 Å². The summed E-state index contributed by atoms with van der Waals surface area (Å²) in [4.78, 5) is 2.58. The normalized spacial score (nSPS) is 27.0. The number of piperazine rings is 1. The van der Waals surface area contributed by atoms with Crippen molar-refractivity contribution in [2.75, 3.05) is 18.0 Å². The first-order valence-corrected chi connectivity index (χ1v) is 6.33. The summed E-state index contributed by atoms with van der Waals surface area (Å²) in [6, 6.07) is 7.80. The van der Waals surface area contributed by atoms with Crippen LogP contribution in [0.25, 0.3) is 0 Å². The molecule has 0 aromatic heterocycles. The molecule has 0 amide bonds. The average molecular weight is 304 g/mol. The van der Waals surface area contributed by atoms with Crippen LogP contribution in [-0.4, -0.2) is 25.2 Å². The van der Waals surface area contributed by atoms with E-state index in [4.69, 9.17) is 0 Å². The van der Waals surface area contributed by atoms with Crippen LogP contribution in [0.4, 0.5) is 5.69 Å². The summed E-state index contributed by atoms with van der Waals surface area (Å²) in [6.07, 6.45) is 1.19. The second-order valence-corrected chi connectivity index (χ2v) is 5.37. The quantitative estimate of drug-likeness (QED) is 0.792. The Kier molecular flexibility index (Phi) is 3.48. The zero-order valence-electron chi connectivity index (χ0n) is 9.24. The van der Waals surface area contributed by atoms with Crippen molar-refractivity contribution in [1.29, 1.82) is 0 Å². The molecule has 0 saturated carbocycles. The smallest absolute Gasteiger partial charge is 0.0549 e. The van der Waals surface area contributed by atoms with Crippen molar-refractivity contribution < 1.29 is 0 Å². The van der Waals surface area contributed by atoms with Gasteiger partial charge in [0.25, 0.3) is 0 Å². The maximum absolute atomic E-state index is 3.67. The summed E-state index contributed by atoms with van der Waals surface area (Å²) < 4.78 is 1.25. The first-order valence-electron chi connectivity index (χ1n) is 5.54. The van der Waals surface area contributed by atoms with Crippen molar-refractivity contribution in [2.24, 2.45) is 0 Å². The van der Waals surface area contributed by atoms with Gasteiger partial charge in [0.1, 0.15) is 0 Å². The van der Waals surface area contributed by atoms with E-state index in [2.05, 4.69) is 51.3 Å². The fourth-order valence-electron chi connectivity index (χ4n) is 2.86. The maximum atomic E-state index is 3.67. The number of para-hydroxylation sites is 1. The molecule has 4 heteroatoms. The third-order valence-corrected chi connectivity index (χ3v) is 4.11. The molecule has 2 aliphatic heterocycles. The van der Waals surface area contributed by atoms with Gasteiger partial charge in [0, 0.05) is 29.6 Å². The molecule has 0 bridgehead atoms. The molecular weight excluding hydrogens is 288 g/mol. The van der Waals surface area contributed by atoms with Crippen LogP contribution in [0.15, 0.2) is 22.7 Å². The average Bonchev–Trinajstić information content (AvgIpc) is 2.58. The molecule has 2 atom stereocenters. The van der Waals surface area contributed by atoms with E-state index in [1.54, 1.807) is 0 Å². The van der Waals surface area contributed by atoms with Gasteiger partial charge in [-0.05, 0) is 40.9 Å². The number of benzene rings is 1. The highest BCUT2D eigenvalue weighted by Gasteiger charge is 2.35. The number of hydrogen-bond donors (Lipinski definition) is 1. The Bertz CT molecular complexity index is 397. The lowest BCUT2D eigenvalue weighted by atomic mass is 10.1. The molecule has 2 aliphatic rings. The van der Waals surface area contributed by atoms with Gasteiger partial charge in [-0.1, -0.05) is 12.1 Å². The Hall–Kier alpha value is -0.250. The second kappa shape index (κ2) is 4.55. The van der Waals surface area contributed by atoms with Crippen LogP contribution in [0.5, 0.6) is 0 Å². The Labute approximate surface area is 111 Å². The highest BCUT2D eigenvalue weighted by Crippen LogP contribution is 2.40. The van der Waals surface area contributed by atoms with Crippen LogP contribution in [-0.2, 0) is 6.42 Å². The Morgan fingerprint density at radius 1 is 1.38 bits per heavy atom. The van der Waals surface area contributed by atoms with E-state index in [-0.39, 0.29) is 12.4 Å². The Morgan fingerprint density at radius 3 is 3.00 bits per heavy atom. The van der Waals surface area contributed by atoms with Crippen LogP contribution >= 0.6 is 28.3 Å². The fraction of sp³-hybridized carbons (Fsp3) is 0.500. The van der Waals surface area contributed by atoms with Gasteiger partial charge in [-0.2, -0.15) is 0 Å². The molecule has 88 valence electrons. The molecule has 0 spiro atoms. The van der Waals surface area contributed by atoms with Gasteiger partial charge in [-0.15, -0.1) is 12.4 Å². The molecule has 1 aromatic carbocycles. The van der Waals surface area contributed by atoms with Gasteiger partial charge < -0.3 is 10.2 Å². The van der Waals surface area contributed by atoms with Crippen molar-refractivity contribution in [3.8, 4) is 0 Å². The zero-order chi connectivity index (χ0) is 10.4. The van der Waals surface area contributed by atoms with Gasteiger partial charge in [0.15, 0.2) is 0 Å². The van der Waals surface area contributed by atoms with Gasteiger partial charge in [-0.25, -0.2) is 0 Å². The van der Waals surface area contributed by atoms with E-state index in [9.17, 15) is 0 Å². The third kappa shape index (κ3) is 1.75. The largest absolute Gasteiger partial charge is 0.362 e. The minimum absolute atomic E-state index is 0. The summed E-state index contributed by atoms with van der Waals surface area (Å²) in [5.41, 5.74) is 2.92. The number of anilines is 1. The van der Waals surface area contributed by atoms with Crippen LogP contribution in [0.1, 0.15) is 12.5 Å². The topological polar surface area (TPSA) is 15.3 Å². The maximum Gasteiger partial charge on any atom is 0.0549 e. The number of hydrogen-bond acceptors (Lipinski definition) is 2. The Balaban J connectivity index is 0.000000963. The predicted octanol–water partition coefficient (Wildman–Crippen LogP) is 2.59. The fourth-order valence-corrected chi connectivity index (χ4v) is 3.47. The molecule has 2 unspecified atom stereocenters. The lowest BCUT2D eigenvalue weighted by molar-refractivity contribution is 0.429. The SMILES string of the molecule is CC1CNCC2Cc3cccc(Br)c3N12.Cl. The second-order valence-electron chi connectivity index (χ2n) is 4.52. The Morgan fingerprint density at radius 2 is 2.19 bits per heavy atom. The first kappa shape index (κ1) is 12.2. The van der Waals surface area contributed by atoms with E-state index in [1.807, 2.05) is 0 Å². The molecule has 1 fully saturated rings. The lowest BCUT2D eigenvalue weighted by Gasteiger charge is -2.38. The lowest BCUT2D eigenvalue weighted by Crippen LogP contribution is -2.54. The monoisotopic (exact) mass is 302 g/mol. The molecule has 16 heavy (non-hydrogen) atoms. The van der Waals surface area contributed by atoms with Crippen molar-refractivity contribution in [3.05, 3.63) is 28.2 Å². The van der Waals surface area contributed by atoms with Crippen LogP contribution in [0.2, 0.25) is 0 Å². The highest BCUT2D eigenvalue weighted by molar-refractivity contribution is 9.10. The van der Waals surface area contributed by atoms with Crippen LogP contribution in [0, 0.1) is 0 Å². The minimum atomic E-state index is 0. The highest BCUT2D eigenvalue weighted by atomic mass is 79.9. The van der Waals surface area contributed by atoms with E-state index in [0.29, 0.717) is 12.1 Å². The standard InChI is InChI=1S/C12H15BrN2.ClH/c1-8-6-14-7-10-5-9-3-2-4-11(13)12(9)15(8)10;/h2-4,8,10,14H,5-7H2,1H3;1H. The van der Waals surface area contributed by atoms with Crippen molar-refractivity contribution in [3.63, 3.8) is 0 Å². The molecule has 0 radical (unpaired) electrons. The first-order chi connectivity index (χ1) is 7.27.